The molecule has 0 radical (unpaired) electrons. The molecule has 0 saturated carbocycles. The zero-order chi connectivity index (χ0) is 26.6. The molecule has 6 rings (SSSR count). The summed E-state index contributed by atoms with van der Waals surface area (Å²) in [6.45, 7) is 2.79. The van der Waals surface area contributed by atoms with E-state index in [1.165, 1.54) is 0 Å². The van der Waals surface area contributed by atoms with Crippen LogP contribution in [0.3, 0.4) is 0 Å². The standard InChI is InChI=1S/C25H27N9O3S/c1-14-17(9-28-25-23(14)29-12-38(3,36)13-37-25)19-6-15-7-20(27-10-18(15)24(26)30-19)31-21-8-16-4-5-33(2)22(35)11-34(16)32-21/h6-10,29H,3-5,11-13H2,1-2H3,(H2,26,30)(H,27,31,32). The van der Waals surface area contributed by atoms with Gasteiger partial charge < -0.3 is 26.0 Å². The van der Waals surface area contributed by atoms with Crippen molar-refractivity contribution in [3.05, 3.63) is 41.9 Å². The van der Waals surface area contributed by atoms with Gasteiger partial charge in [-0.15, -0.1) is 0 Å². The number of nitrogens with zero attached hydrogens (tertiary/aromatic N) is 6. The summed E-state index contributed by atoms with van der Waals surface area (Å²) in [5.41, 5.74) is 10.2. The van der Waals surface area contributed by atoms with Gasteiger partial charge in [-0.1, -0.05) is 0 Å². The van der Waals surface area contributed by atoms with Gasteiger partial charge in [0.25, 0.3) is 0 Å². The molecule has 0 saturated heterocycles. The summed E-state index contributed by atoms with van der Waals surface area (Å²) in [5, 5.41) is 12.5. The van der Waals surface area contributed by atoms with Crippen LogP contribution in [0.1, 0.15) is 11.3 Å². The van der Waals surface area contributed by atoms with Crippen LogP contribution >= 0.6 is 0 Å². The summed E-state index contributed by atoms with van der Waals surface area (Å²) < 4.78 is 19.8. The Kier molecular flexibility index (Phi) is 5.60. The highest BCUT2D eigenvalue weighted by Gasteiger charge is 2.22. The Labute approximate surface area is 219 Å². The molecule has 0 spiro atoms. The fourth-order valence-corrected chi connectivity index (χ4v) is 5.40. The second-order valence-electron chi connectivity index (χ2n) is 9.58. The molecule has 4 N–H and O–H groups in total. The zero-order valence-electron chi connectivity index (χ0n) is 21.0. The lowest BCUT2D eigenvalue weighted by atomic mass is 10.0. The van der Waals surface area contributed by atoms with Crippen LogP contribution < -0.4 is 21.1 Å². The minimum atomic E-state index is -2.40. The van der Waals surface area contributed by atoms with E-state index in [0.29, 0.717) is 46.6 Å². The van der Waals surface area contributed by atoms with Crippen molar-refractivity contribution in [2.45, 2.75) is 19.9 Å². The molecule has 12 nitrogen and oxygen atoms in total. The number of carbonyl (C=O) groups is 1. The maximum absolute atomic E-state index is 12.4. The van der Waals surface area contributed by atoms with Crippen molar-refractivity contribution >= 4 is 55.2 Å². The van der Waals surface area contributed by atoms with Gasteiger partial charge in [0.05, 0.1) is 11.6 Å². The van der Waals surface area contributed by atoms with E-state index in [4.69, 9.17) is 10.5 Å². The number of aromatic nitrogens is 5. The largest absolute Gasteiger partial charge is 0.463 e. The molecular weight excluding hydrogens is 506 g/mol. The van der Waals surface area contributed by atoms with Crippen molar-refractivity contribution in [2.75, 3.05) is 41.8 Å². The van der Waals surface area contributed by atoms with Gasteiger partial charge in [-0.3, -0.25) is 13.7 Å². The molecule has 13 heteroatoms. The highest BCUT2D eigenvalue weighted by Crippen LogP contribution is 2.36. The first-order chi connectivity index (χ1) is 18.2. The minimum absolute atomic E-state index is 0.00975. The summed E-state index contributed by atoms with van der Waals surface area (Å²) in [6, 6.07) is 5.74. The number of likely N-dealkylation sites (N-methyl/N-ethyl adjacent to an activating group) is 1. The van der Waals surface area contributed by atoms with Gasteiger partial charge in [-0.05, 0) is 35.9 Å². The van der Waals surface area contributed by atoms with Gasteiger partial charge in [0.15, 0.2) is 11.8 Å². The summed E-state index contributed by atoms with van der Waals surface area (Å²) in [5.74, 6) is 5.91. The van der Waals surface area contributed by atoms with Crippen LogP contribution in [0.5, 0.6) is 5.88 Å². The van der Waals surface area contributed by atoms with Crippen LogP contribution in [0, 0.1) is 6.92 Å². The molecule has 4 aromatic rings. The number of hydrogen-bond donors (Lipinski definition) is 3. The third-order valence-electron chi connectivity index (χ3n) is 6.78. The number of amides is 1. The number of nitrogens with one attached hydrogen (secondary N) is 2. The normalized spacial score (nSPS) is 19.1. The fraction of sp³-hybridized carbons (Fsp3) is 0.280. The van der Waals surface area contributed by atoms with Crippen molar-refractivity contribution < 1.29 is 13.7 Å². The molecule has 38 heavy (non-hydrogen) atoms. The van der Waals surface area contributed by atoms with Crippen LogP contribution in [0.25, 0.3) is 22.0 Å². The van der Waals surface area contributed by atoms with Gasteiger partial charge in [0.1, 0.15) is 23.9 Å². The number of pyridine rings is 3. The number of anilines is 4. The Morgan fingerprint density at radius 3 is 2.89 bits per heavy atom. The molecular formula is C25H27N9O3S. The average Bonchev–Trinajstić information content (AvgIpc) is 3.09. The topological polar surface area (TPSA) is 153 Å². The third-order valence-corrected chi connectivity index (χ3v) is 8.00. The van der Waals surface area contributed by atoms with Crippen molar-refractivity contribution in [3.63, 3.8) is 0 Å². The second-order valence-corrected chi connectivity index (χ2v) is 12.0. The quantitative estimate of drug-likeness (QED) is 0.333. The van der Waals surface area contributed by atoms with E-state index in [9.17, 15) is 9.00 Å². The van der Waals surface area contributed by atoms with Gasteiger partial charge in [-0.2, -0.15) is 5.10 Å². The van der Waals surface area contributed by atoms with Crippen LogP contribution in [-0.2, 0) is 27.3 Å². The van der Waals surface area contributed by atoms with Crippen molar-refractivity contribution in [2.24, 2.45) is 0 Å². The summed E-state index contributed by atoms with van der Waals surface area (Å²) in [6.07, 6.45) is 4.08. The maximum atomic E-state index is 12.4. The Bertz CT molecular complexity index is 1720. The Morgan fingerprint density at radius 2 is 2.05 bits per heavy atom. The van der Waals surface area contributed by atoms with Crippen LogP contribution in [0.2, 0.25) is 0 Å². The van der Waals surface area contributed by atoms with Crippen LogP contribution in [-0.4, -0.2) is 71.0 Å². The first-order valence-corrected chi connectivity index (χ1v) is 14.1. The molecule has 2 aliphatic rings. The minimum Gasteiger partial charge on any atom is -0.463 e. The zero-order valence-corrected chi connectivity index (χ0v) is 21.8. The lowest BCUT2D eigenvalue weighted by Gasteiger charge is -2.14. The van der Waals surface area contributed by atoms with E-state index in [1.807, 2.05) is 25.1 Å². The van der Waals surface area contributed by atoms with E-state index < -0.39 is 9.52 Å². The maximum Gasteiger partial charge on any atom is 0.244 e. The van der Waals surface area contributed by atoms with Crippen molar-refractivity contribution in [1.29, 1.82) is 0 Å². The molecule has 1 amide bonds. The summed E-state index contributed by atoms with van der Waals surface area (Å²) in [7, 11) is -0.603. The summed E-state index contributed by atoms with van der Waals surface area (Å²) in [4.78, 5) is 27.4. The molecule has 0 fully saturated rings. The fourth-order valence-electron chi connectivity index (χ4n) is 4.59. The number of nitrogens with two attached hydrogens (primary N) is 1. The molecule has 6 heterocycles. The SMILES string of the molecule is C=S1(=O)CNc2c(ncc(-c3cc4cc(Nc5cc6n(n5)CC(=O)N(C)CC6)ncc4c(N)n3)c2C)OC1. The molecule has 4 aromatic heterocycles. The second kappa shape index (κ2) is 8.87. The molecule has 2 aliphatic heterocycles. The predicted octanol–water partition coefficient (Wildman–Crippen LogP) is 1.97. The van der Waals surface area contributed by atoms with E-state index in [0.717, 1.165) is 28.6 Å². The van der Waals surface area contributed by atoms with Gasteiger partial charge in [0, 0.05) is 64.6 Å². The number of nitrogen functional groups attached to an aromatic ring is 1. The first-order valence-electron chi connectivity index (χ1n) is 12.0. The van der Waals surface area contributed by atoms with Gasteiger partial charge in [0.2, 0.25) is 11.8 Å². The number of carbonyl (C=O) groups excluding carboxylic acids is 1. The molecule has 0 aromatic carbocycles. The lowest BCUT2D eigenvalue weighted by Crippen LogP contribution is -2.29. The molecule has 0 bridgehead atoms. The molecule has 1 unspecified atom stereocenters. The van der Waals surface area contributed by atoms with E-state index in [2.05, 4.69) is 36.6 Å². The lowest BCUT2D eigenvalue weighted by molar-refractivity contribution is -0.130. The van der Waals surface area contributed by atoms with E-state index in [1.54, 1.807) is 29.0 Å². The van der Waals surface area contributed by atoms with Crippen LogP contribution in [0.15, 0.2) is 30.6 Å². The van der Waals surface area contributed by atoms with E-state index >= 15 is 0 Å². The number of ether oxygens (including phenoxy) is 1. The number of rotatable bonds is 3. The van der Waals surface area contributed by atoms with E-state index in [-0.39, 0.29) is 24.3 Å². The third kappa shape index (κ3) is 4.34. The number of fused-ring (bicyclic) bond motifs is 3. The molecule has 1 atom stereocenters. The average molecular weight is 534 g/mol. The van der Waals surface area contributed by atoms with Gasteiger partial charge in [-0.25, -0.2) is 15.0 Å². The van der Waals surface area contributed by atoms with Gasteiger partial charge >= 0.3 is 0 Å². The number of hydrogen-bond acceptors (Lipinski definition) is 10. The van der Waals surface area contributed by atoms with Crippen molar-refractivity contribution in [1.82, 2.24) is 29.6 Å². The Morgan fingerprint density at radius 1 is 1.21 bits per heavy atom. The summed E-state index contributed by atoms with van der Waals surface area (Å²) >= 11 is 0. The van der Waals surface area contributed by atoms with Crippen molar-refractivity contribution in [3.8, 4) is 17.1 Å². The predicted molar refractivity (Wildman–Crippen MR) is 148 cm³/mol. The monoisotopic (exact) mass is 533 g/mol. The molecule has 0 aliphatic carbocycles. The molecule has 196 valence electrons. The Hall–Kier alpha value is -4.39. The first kappa shape index (κ1) is 24.0. The van der Waals surface area contributed by atoms with Crippen LogP contribution in [0.4, 0.5) is 23.1 Å². The smallest absolute Gasteiger partial charge is 0.244 e. The highest BCUT2D eigenvalue weighted by atomic mass is 32.2. The Balaban J connectivity index is 1.33. The highest BCUT2D eigenvalue weighted by molar-refractivity contribution is 8.00.